The smallest absolute Gasteiger partial charge is 0.311 e. The minimum absolute atomic E-state index is 0.0257. The van der Waals surface area contributed by atoms with Crippen molar-refractivity contribution in [3.05, 3.63) is 0 Å². The molecule has 0 aliphatic heterocycles. The summed E-state index contributed by atoms with van der Waals surface area (Å²) in [5.74, 6) is 0.566. The Kier molecular flexibility index (Phi) is 2.52. The minimum atomic E-state index is -0.195. The summed E-state index contributed by atoms with van der Waals surface area (Å²) in [4.78, 5) is 11.7. The number of rotatable bonds is 3. The fourth-order valence-electron chi connectivity index (χ4n) is 3.12. The SMILES string of the molecule is CCOC1CC2(C(=O)OC)CCC1C2. The summed E-state index contributed by atoms with van der Waals surface area (Å²) < 4.78 is 10.5. The molecule has 0 radical (unpaired) electrons. The number of carbonyl (C=O) groups excluding carboxylic acids is 1. The van der Waals surface area contributed by atoms with Gasteiger partial charge in [0.25, 0.3) is 0 Å². The molecule has 0 N–H and O–H groups in total. The van der Waals surface area contributed by atoms with E-state index in [-0.39, 0.29) is 11.4 Å². The van der Waals surface area contributed by atoms with E-state index in [0.717, 1.165) is 32.3 Å². The van der Waals surface area contributed by atoms with Crippen LogP contribution in [-0.4, -0.2) is 25.8 Å². The summed E-state index contributed by atoms with van der Waals surface area (Å²) in [6.07, 6.45) is 4.27. The highest BCUT2D eigenvalue weighted by Crippen LogP contribution is 2.55. The maximum absolute atomic E-state index is 11.7. The summed E-state index contributed by atoms with van der Waals surface area (Å²) in [5, 5.41) is 0. The van der Waals surface area contributed by atoms with Crippen LogP contribution in [0.1, 0.15) is 32.6 Å². The molecule has 80 valence electrons. The zero-order valence-corrected chi connectivity index (χ0v) is 8.91. The molecule has 0 aromatic carbocycles. The van der Waals surface area contributed by atoms with Crippen LogP contribution >= 0.6 is 0 Å². The molecular weight excluding hydrogens is 180 g/mol. The lowest BCUT2D eigenvalue weighted by Gasteiger charge is -2.27. The summed E-state index contributed by atoms with van der Waals surface area (Å²) in [6.45, 7) is 2.76. The molecule has 0 aromatic rings. The first kappa shape index (κ1) is 9.97. The van der Waals surface area contributed by atoms with E-state index < -0.39 is 0 Å². The fraction of sp³-hybridized carbons (Fsp3) is 0.909. The van der Waals surface area contributed by atoms with Crippen molar-refractivity contribution in [2.45, 2.75) is 38.7 Å². The molecule has 2 saturated carbocycles. The van der Waals surface area contributed by atoms with Crippen molar-refractivity contribution in [3.63, 3.8) is 0 Å². The summed E-state index contributed by atoms with van der Waals surface area (Å²) in [6, 6.07) is 0. The van der Waals surface area contributed by atoms with Crippen LogP contribution in [0.4, 0.5) is 0 Å². The quantitative estimate of drug-likeness (QED) is 0.648. The number of fused-ring (bicyclic) bond motifs is 2. The lowest BCUT2D eigenvalue weighted by atomic mass is 9.83. The second-order valence-corrected chi connectivity index (χ2v) is 4.47. The van der Waals surface area contributed by atoms with E-state index in [9.17, 15) is 4.79 Å². The van der Waals surface area contributed by atoms with Gasteiger partial charge in [-0.2, -0.15) is 0 Å². The van der Waals surface area contributed by atoms with Gasteiger partial charge in [0.05, 0.1) is 18.6 Å². The number of methoxy groups -OCH3 is 1. The van der Waals surface area contributed by atoms with Crippen molar-refractivity contribution in [2.24, 2.45) is 11.3 Å². The average Bonchev–Trinajstić information content (AvgIpc) is 2.76. The van der Waals surface area contributed by atoms with Crippen LogP contribution in [0.25, 0.3) is 0 Å². The highest BCUT2D eigenvalue weighted by atomic mass is 16.5. The average molecular weight is 198 g/mol. The molecule has 0 spiro atoms. The van der Waals surface area contributed by atoms with Gasteiger partial charge < -0.3 is 9.47 Å². The van der Waals surface area contributed by atoms with Crippen LogP contribution < -0.4 is 0 Å². The maximum atomic E-state index is 11.7. The monoisotopic (exact) mass is 198 g/mol. The summed E-state index contributed by atoms with van der Waals surface area (Å²) >= 11 is 0. The zero-order chi connectivity index (χ0) is 10.2. The first-order valence-electron chi connectivity index (χ1n) is 5.42. The minimum Gasteiger partial charge on any atom is -0.469 e. The molecule has 3 unspecified atom stereocenters. The Bertz CT molecular complexity index is 239. The first-order valence-corrected chi connectivity index (χ1v) is 5.42. The standard InChI is InChI=1S/C11H18O3/c1-3-14-9-7-11(10(12)13-2)5-4-8(9)6-11/h8-9H,3-7H2,1-2H3. The molecule has 3 nitrogen and oxygen atoms in total. The van der Waals surface area contributed by atoms with Crippen LogP contribution in [0.15, 0.2) is 0 Å². The van der Waals surface area contributed by atoms with Gasteiger partial charge in [-0.25, -0.2) is 0 Å². The second-order valence-electron chi connectivity index (χ2n) is 4.47. The molecular formula is C11H18O3. The van der Waals surface area contributed by atoms with Crippen LogP contribution in [0.3, 0.4) is 0 Å². The summed E-state index contributed by atoms with van der Waals surface area (Å²) in [7, 11) is 1.48. The third kappa shape index (κ3) is 1.34. The predicted octanol–water partition coefficient (Wildman–Crippen LogP) is 1.75. The highest BCUT2D eigenvalue weighted by molar-refractivity contribution is 5.77. The highest BCUT2D eigenvalue weighted by Gasteiger charge is 2.56. The topological polar surface area (TPSA) is 35.5 Å². The molecule has 2 rings (SSSR count). The van der Waals surface area contributed by atoms with Crippen LogP contribution in [0, 0.1) is 11.3 Å². The van der Waals surface area contributed by atoms with Crippen LogP contribution in [0.2, 0.25) is 0 Å². The number of carbonyl (C=O) groups is 1. The van der Waals surface area contributed by atoms with E-state index in [1.807, 2.05) is 6.92 Å². The molecule has 0 saturated heterocycles. The Balaban J connectivity index is 2.07. The molecule has 0 heterocycles. The third-order valence-electron chi connectivity index (χ3n) is 3.76. The van der Waals surface area contributed by atoms with E-state index in [2.05, 4.69) is 0 Å². The van der Waals surface area contributed by atoms with E-state index in [1.165, 1.54) is 7.11 Å². The maximum Gasteiger partial charge on any atom is 0.311 e. The van der Waals surface area contributed by atoms with Crippen LogP contribution in [0.5, 0.6) is 0 Å². The van der Waals surface area contributed by atoms with Crippen molar-refractivity contribution in [2.75, 3.05) is 13.7 Å². The van der Waals surface area contributed by atoms with Gasteiger partial charge in [0.1, 0.15) is 0 Å². The largest absolute Gasteiger partial charge is 0.469 e. The molecule has 2 fully saturated rings. The number of esters is 1. The molecule has 0 amide bonds. The second kappa shape index (κ2) is 3.54. The van der Waals surface area contributed by atoms with Gasteiger partial charge in [0.15, 0.2) is 0 Å². The normalized spacial score (nSPS) is 40.1. The lowest BCUT2D eigenvalue weighted by Crippen LogP contribution is -2.31. The number of hydrogen-bond acceptors (Lipinski definition) is 3. The van der Waals surface area contributed by atoms with Crippen molar-refractivity contribution in [1.82, 2.24) is 0 Å². The van der Waals surface area contributed by atoms with Gasteiger partial charge in [-0.15, -0.1) is 0 Å². The number of ether oxygens (including phenoxy) is 2. The molecule has 3 heteroatoms. The first-order chi connectivity index (χ1) is 6.72. The molecule has 2 bridgehead atoms. The van der Waals surface area contributed by atoms with E-state index in [0.29, 0.717) is 12.0 Å². The zero-order valence-electron chi connectivity index (χ0n) is 8.91. The van der Waals surface area contributed by atoms with Gasteiger partial charge in [-0.05, 0) is 38.5 Å². The van der Waals surface area contributed by atoms with Gasteiger partial charge in [-0.3, -0.25) is 4.79 Å². The Labute approximate surface area is 84.8 Å². The Morgan fingerprint density at radius 1 is 1.50 bits per heavy atom. The van der Waals surface area contributed by atoms with E-state index in [4.69, 9.17) is 9.47 Å². The van der Waals surface area contributed by atoms with Crippen molar-refractivity contribution in [1.29, 1.82) is 0 Å². The van der Waals surface area contributed by atoms with E-state index in [1.54, 1.807) is 0 Å². The third-order valence-corrected chi connectivity index (χ3v) is 3.76. The fourth-order valence-corrected chi connectivity index (χ4v) is 3.12. The van der Waals surface area contributed by atoms with E-state index >= 15 is 0 Å². The molecule has 14 heavy (non-hydrogen) atoms. The lowest BCUT2D eigenvalue weighted by molar-refractivity contribution is -0.153. The van der Waals surface area contributed by atoms with Gasteiger partial charge in [0, 0.05) is 6.61 Å². The van der Waals surface area contributed by atoms with Crippen molar-refractivity contribution in [3.8, 4) is 0 Å². The van der Waals surface area contributed by atoms with Crippen LogP contribution in [-0.2, 0) is 14.3 Å². The van der Waals surface area contributed by atoms with Gasteiger partial charge in [-0.1, -0.05) is 0 Å². The van der Waals surface area contributed by atoms with Crippen molar-refractivity contribution >= 4 is 5.97 Å². The predicted molar refractivity (Wildman–Crippen MR) is 51.8 cm³/mol. The molecule has 3 atom stereocenters. The summed E-state index contributed by atoms with van der Waals surface area (Å²) in [5.41, 5.74) is -0.195. The Morgan fingerprint density at radius 2 is 2.29 bits per heavy atom. The Morgan fingerprint density at radius 3 is 2.93 bits per heavy atom. The molecule has 2 aliphatic carbocycles. The molecule has 2 aliphatic rings. The number of hydrogen-bond donors (Lipinski definition) is 0. The van der Waals surface area contributed by atoms with Gasteiger partial charge >= 0.3 is 5.97 Å². The van der Waals surface area contributed by atoms with Gasteiger partial charge in [0.2, 0.25) is 0 Å². The Hall–Kier alpha value is -0.570. The van der Waals surface area contributed by atoms with Crippen molar-refractivity contribution < 1.29 is 14.3 Å². The molecule has 0 aromatic heterocycles.